The van der Waals surface area contributed by atoms with Crippen molar-refractivity contribution >= 4 is 26.8 Å². The fourth-order valence-corrected chi connectivity index (χ4v) is 1.89. The molecule has 3 rings (SSSR count). The Labute approximate surface area is 101 Å². The van der Waals surface area contributed by atoms with Gasteiger partial charge >= 0.3 is 0 Å². The van der Waals surface area contributed by atoms with E-state index in [2.05, 4.69) is 26.0 Å². The SMILES string of the molecule is Brc1cnn(-c2ccc3ccccc3n2)c1. The summed E-state index contributed by atoms with van der Waals surface area (Å²) in [4.78, 5) is 4.54. The summed E-state index contributed by atoms with van der Waals surface area (Å²) in [5.74, 6) is 0.824. The Morgan fingerprint density at radius 2 is 1.94 bits per heavy atom. The van der Waals surface area contributed by atoms with Gasteiger partial charge in [0.15, 0.2) is 5.82 Å². The molecule has 0 saturated carbocycles. The first-order valence-electron chi connectivity index (χ1n) is 4.89. The van der Waals surface area contributed by atoms with E-state index in [0.29, 0.717) is 0 Å². The average molecular weight is 274 g/mol. The van der Waals surface area contributed by atoms with Gasteiger partial charge in [0.1, 0.15) is 0 Å². The zero-order chi connectivity index (χ0) is 11.0. The predicted molar refractivity (Wildman–Crippen MR) is 66.6 cm³/mol. The standard InChI is InChI=1S/C12H8BrN3/c13-10-7-14-16(8-10)12-6-5-9-3-1-2-4-11(9)15-12/h1-8H. The first-order chi connectivity index (χ1) is 7.83. The number of hydrogen-bond acceptors (Lipinski definition) is 2. The monoisotopic (exact) mass is 273 g/mol. The van der Waals surface area contributed by atoms with Crippen LogP contribution in [-0.4, -0.2) is 14.8 Å². The number of fused-ring (bicyclic) bond motifs is 1. The average Bonchev–Trinajstić information content (AvgIpc) is 2.75. The molecular formula is C12H8BrN3. The maximum Gasteiger partial charge on any atom is 0.154 e. The highest BCUT2D eigenvalue weighted by Gasteiger charge is 2.01. The van der Waals surface area contributed by atoms with Crippen LogP contribution >= 0.6 is 15.9 Å². The van der Waals surface area contributed by atoms with Gasteiger partial charge in [0, 0.05) is 11.6 Å². The Morgan fingerprint density at radius 3 is 2.75 bits per heavy atom. The van der Waals surface area contributed by atoms with Crippen molar-refractivity contribution < 1.29 is 0 Å². The molecular weight excluding hydrogens is 266 g/mol. The number of benzene rings is 1. The van der Waals surface area contributed by atoms with E-state index in [4.69, 9.17) is 0 Å². The highest BCUT2D eigenvalue weighted by atomic mass is 79.9. The van der Waals surface area contributed by atoms with Gasteiger partial charge in [-0.3, -0.25) is 0 Å². The number of hydrogen-bond donors (Lipinski definition) is 0. The van der Waals surface area contributed by atoms with E-state index in [1.54, 1.807) is 10.9 Å². The van der Waals surface area contributed by atoms with Gasteiger partial charge in [-0.1, -0.05) is 18.2 Å². The zero-order valence-corrected chi connectivity index (χ0v) is 9.92. The van der Waals surface area contributed by atoms with Crippen molar-refractivity contribution in [1.29, 1.82) is 0 Å². The molecule has 2 heterocycles. The van der Waals surface area contributed by atoms with Gasteiger partial charge in [-0.15, -0.1) is 0 Å². The first kappa shape index (κ1) is 9.54. The highest BCUT2D eigenvalue weighted by molar-refractivity contribution is 9.10. The molecule has 0 atom stereocenters. The fourth-order valence-electron chi connectivity index (χ4n) is 1.61. The van der Waals surface area contributed by atoms with Crippen molar-refractivity contribution in [1.82, 2.24) is 14.8 Å². The molecule has 4 heteroatoms. The molecule has 0 aliphatic rings. The molecule has 0 bridgehead atoms. The minimum absolute atomic E-state index is 0.824. The van der Waals surface area contributed by atoms with Gasteiger partial charge in [0.2, 0.25) is 0 Å². The third-order valence-corrected chi connectivity index (χ3v) is 2.78. The number of para-hydroxylation sites is 1. The summed E-state index contributed by atoms with van der Waals surface area (Å²) in [6.07, 6.45) is 3.63. The minimum Gasteiger partial charge on any atom is -0.229 e. The van der Waals surface area contributed by atoms with E-state index in [0.717, 1.165) is 21.2 Å². The summed E-state index contributed by atoms with van der Waals surface area (Å²) in [5, 5.41) is 5.34. The van der Waals surface area contributed by atoms with E-state index in [1.165, 1.54) is 0 Å². The Kier molecular flexibility index (Phi) is 2.22. The second-order valence-corrected chi connectivity index (χ2v) is 4.38. The Balaban J connectivity index is 2.18. The van der Waals surface area contributed by atoms with Crippen LogP contribution < -0.4 is 0 Å². The molecule has 1 aromatic carbocycles. The summed E-state index contributed by atoms with van der Waals surface area (Å²) < 4.78 is 2.69. The lowest BCUT2D eigenvalue weighted by Crippen LogP contribution is -1.97. The normalized spacial score (nSPS) is 10.8. The smallest absolute Gasteiger partial charge is 0.154 e. The maximum absolute atomic E-state index is 4.54. The van der Waals surface area contributed by atoms with Crippen LogP contribution in [0, 0.1) is 0 Å². The molecule has 2 aromatic heterocycles. The summed E-state index contributed by atoms with van der Waals surface area (Å²) in [6.45, 7) is 0. The zero-order valence-electron chi connectivity index (χ0n) is 8.34. The van der Waals surface area contributed by atoms with E-state index >= 15 is 0 Å². The predicted octanol–water partition coefficient (Wildman–Crippen LogP) is 3.18. The van der Waals surface area contributed by atoms with Crippen molar-refractivity contribution in [3.05, 3.63) is 53.3 Å². The molecule has 0 radical (unpaired) electrons. The van der Waals surface area contributed by atoms with Crippen molar-refractivity contribution in [2.75, 3.05) is 0 Å². The highest BCUT2D eigenvalue weighted by Crippen LogP contribution is 2.15. The Bertz CT molecular complexity index is 645. The summed E-state index contributed by atoms with van der Waals surface area (Å²) in [5.41, 5.74) is 0.978. The molecule has 78 valence electrons. The van der Waals surface area contributed by atoms with Crippen LogP contribution in [-0.2, 0) is 0 Å². The lowest BCUT2D eigenvalue weighted by atomic mass is 10.2. The van der Waals surface area contributed by atoms with Crippen LogP contribution in [0.3, 0.4) is 0 Å². The molecule has 0 N–H and O–H groups in total. The molecule has 0 spiro atoms. The van der Waals surface area contributed by atoms with Crippen LogP contribution in [0.25, 0.3) is 16.7 Å². The molecule has 0 fully saturated rings. The van der Waals surface area contributed by atoms with Gasteiger partial charge in [-0.2, -0.15) is 5.10 Å². The van der Waals surface area contributed by atoms with Crippen molar-refractivity contribution in [2.24, 2.45) is 0 Å². The Hall–Kier alpha value is -1.68. The molecule has 0 aliphatic heterocycles. The van der Waals surface area contributed by atoms with E-state index < -0.39 is 0 Å². The fraction of sp³-hybridized carbons (Fsp3) is 0. The van der Waals surface area contributed by atoms with E-state index in [9.17, 15) is 0 Å². The van der Waals surface area contributed by atoms with E-state index in [-0.39, 0.29) is 0 Å². The molecule has 0 amide bonds. The number of nitrogens with zero attached hydrogens (tertiary/aromatic N) is 3. The van der Waals surface area contributed by atoms with Gasteiger partial charge in [-0.25, -0.2) is 9.67 Å². The van der Waals surface area contributed by atoms with Crippen molar-refractivity contribution in [3.63, 3.8) is 0 Å². The first-order valence-corrected chi connectivity index (χ1v) is 5.68. The summed E-state index contributed by atoms with van der Waals surface area (Å²) in [7, 11) is 0. The molecule has 0 aliphatic carbocycles. The lowest BCUT2D eigenvalue weighted by Gasteiger charge is -2.01. The third kappa shape index (κ3) is 1.61. The number of pyridine rings is 1. The third-order valence-electron chi connectivity index (χ3n) is 2.37. The summed E-state index contributed by atoms with van der Waals surface area (Å²) >= 11 is 3.37. The molecule has 0 unspecified atom stereocenters. The van der Waals surface area contributed by atoms with Crippen molar-refractivity contribution in [2.45, 2.75) is 0 Å². The quantitative estimate of drug-likeness (QED) is 0.682. The van der Waals surface area contributed by atoms with Crippen LogP contribution in [0.2, 0.25) is 0 Å². The second-order valence-electron chi connectivity index (χ2n) is 3.47. The number of rotatable bonds is 1. The second kappa shape index (κ2) is 3.72. The maximum atomic E-state index is 4.54. The lowest BCUT2D eigenvalue weighted by molar-refractivity contribution is 0.852. The molecule has 16 heavy (non-hydrogen) atoms. The minimum atomic E-state index is 0.824. The van der Waals surface area contributed by atoms with E-state index in [1.807, 2.05) is 42.6 Å². The van der Waals surface area contributed by atoms with Crippen LogP contribution in [0.5, 0.6) is 0 Å². The van der Waals surface area contributed by atoms with Gasteiger partial charge in [0.05, 0.1) is 16.2 Å². The van der Waals surface area contributed by atoms with Crippen LogP contribution in [0.4, 0.5) is 0 Å². The van der Waals surface area contributed by atoms with Gasteiger partial charge in [-0.05, 0) is 34.1 Å². The van der Waals surface area contributed by atoms with Crippen LogP contribution in [0.15, 0.2) is 53.3 Å². The van der Waals surface area contributed by atoms with Crippen molar-refractivity contribution in [3.8, 4) is 5.82 Å². The topological polar surface area (TPSA) is 30.7 Å². The number of aromatic nitrogens is 3. The number of halogens is 1. The summed E-state index contributed by atoms with van der Waals surface area (Å²) in [6, 6.07) is 12.0. The largest absolute Gasteiger partial charge is 0.229 e. The molecule has 3 aromatic rings. The molecule has 0 saturated heterocycles. The Morgan fingerprint density at radius 1 is 1.06 bits per heavy atom. The molecule has 3 nitrogen and oxygen atoms in total. The van der Waals surface area contributed by atoms with Gasteiger partial charge in [0.25, 0.3) is 0 Å². The van der Waals surface area contributed by atoms with Crippen LogP contribution in [0.1, 0.15) is 0 Å². The van der Waals surface area contributed by atoms with Gasteiger partial charge < -0.3 is 0 Å².